The topological polar surface area (TPSA) is 51.1 Å². The van der Waals surface area contributed by atoms with Crippen LogP contribution in [0.2, 0.25) is 0 Å². The van der Waals surface area contributed by atoms with E-state index in [-0.39, 0.29) is 11.5 Å². The maximum absolute atomic E-state index is 11.3. The molecule has 15 heavy (non-hydrogen) atoms. The Balaban J connectivity index is 2.91. The van der Waals surface area contributed by atoms with E-state index in [1.165, 1.54) is 12.1 Å². The summed E-state index contributed by atoms with van der Waals surface area (Å²) < 4.78 is 1.57. The van der Waals surface area contributed by atoms with Crippen LogP contribution in [0.25, 0.3) is 0 Å². The molecule has 0 radical (unpaired) electrons. The van der Waals surface area contributed by atoms with Gasteiger partial charge in [0.05, 0.1) is 5.69 Å². The molecule has 1 N–H and O–H groups in total. The summed E-state index contributed by atoms with van der Waals surface area (Å²) in [7, 11) is 0. The third-order valence-corrected chi connectivity index (χ3v) is 1.90. The van der Waals surface area contributed by atoms with E-state index in [2.05, 4.69) is 11.9 Å². The van der Waals surface area contributed by atoms with Crippen molar-refractivity contribution in [2.75, 3.05) is 5.32 Å². The van der Waals surface area contributed by atoms with Gasteiger partial charge >= 0.3 is 0 Å². The normalized spacial score (nSPS) is 9.67. The van der Waals surface area contributed by atoms with E-state index in [4.69, 9.17) is 0 Å². The van der Waals surface area contributed by atoms with Crippen LogP contribution in [0.3, 0.4) is 0 Å². The first-order valence-corrected chi connectivity index (χ1v) is 4.81. The van der Waals surface area contributed by atoms with E-state index in [0.29, 0.717) is 12.2 Å². The first-order chi connectivity index (χ1) is 7.17. The van der Waals surface area contributed by atoms with Crippen molar-refractivity contribution in [1.82, 2.24) is 4.57 Å². The molecular formula is C11H14N2O2. The number of carbonyl (C=O) groups is 1. The molecule has 0 atom stereocenters. The lowest BCUT2D eigenvalue weighted by atomic mass is 10.3. The van der Waals surface area contributed by atoms with Crippen molar-refractivity contribution in [2.45, 2.75) is 19.9 Å². The highest BCUT2D eigenvalue weighted by atomic mass is 16.1. The van der Waals surface area contributed by atoms with Gasteiger partial charge in [-0.15, -0.1) is 0 Å². The molecule has 1 amide bonds. The van der Waals surface area contributed by atoms with Gasteiger partial charge in [0.15, 0.2) is 0 Å². The fraction of sp³-hybridized carbons (Fsp3) is 0.273. The number of carbonyl (C=O) groups excluding carboxylic acids is 1. The molecule has 0 spiro atoms. The Morgan fingerprint density at radius 1 is 1.60 bits per heavy atom. The average Bonchev–Trinajstić information content (AvgIpc) is 2.23. The van der Waals surface area contributed by atoms with E-state index in [1.54, 1.807) is 16.8 Å². The van der Waals surface area contributed by atoms with Crippen molar-refractivity contribution in [3.8, 4) is 0 Å². The predicted molar refractivity (Wildman–Crippen MR) is 59.8 cm³/mol. The van der Waals surface area contributed by atoms with Crippen molar-refractivity contribution in [3.63, 3.8) is 0 Å². The zero-order chi connectivity index (χ0) is 11.3. The van der Waals surface area contributed by atoms with Gasteiger partial charge in [0, 0.05) is 18.8 Å². The minimum absolute atomic E-state index is 0.0616. The fourth-order valence-electron chi connectivity index (χ4n) is 1.21. The van der Waals surface area contributed by atoms with Crippen molar-refractivity contribution in [3.05, 3.63) is 41.3 Å². The van der Waals surface area contributed by atoms with Crippen molar-refractivity contribution >= 4 is 11.6 Å². The number of rotatable bonds is 4. The van der Waals surface area contributed by atoms with Crippen LogP contribution in [0.1, 0.15) is 13.3 Å². The number of aromatic nitrogens is 1. The van der Waals surface area contributed by atoms with Crippen molar-refractivity contribution in [2.24, 2.45) is 0 Å². The highest BCUT2D eigenvalue weighted by Gasteiger charge is 1.99. The summed E-state index contributed by atoms with van der Waals surface area (Å²) in [6.45, 7) is 5.99. The monoisotopic (exact) mass is 206 g/mol. The number of nitrogens with one attached hydrogen (secondary N) is 1. The Kier molecular flexibility index (Phi) is 3.85. The van der Waals surface area contributed by atoms with Gasteiger partial charge in [0.2, 0.25) is 5.91 Å². The maximum Gasteiger partial charge on any atom is 0.250 e. The number of amides is 1. The average molecular weight is 206 g/mol. The van der Waals surface area contributed by atoms with Crippen LogP contribution in [-0.2, 0) is 11.3 Å². The molecule has 1 aromatic rings. The molecule has 0 bridgehead atoms. The molecule has 0 fully saturated rings. The summed E-state index contributed by atoms with van der Waals surface area (Å²) in [4.78, 5) is 22.4. The molecule has 4 heteroatoms. The second-order valence-corrected chi connectivity index (χ2v) is 3.14. The standard InChI is InChI=1S/C11H14N2O2/c1-3-7-13-8-9(5-6-11(13)15)12-10(14)4-2/h4-6,8H,2-3,7H2,1H3,(H,12,14). The Labute approximate surface area is 88.2 Å². The van der Waals surface area contributed by atoms with Gasteiger partial charge in [0.1, 0.15) is 0 Å². The largest absolute Gasteiger partial charge is 0.321 e. The zero-order valence-electron chi connectivity index (χ0n) is 8.69. The minimum Gasteiger partial charge on any atom is -0.321 e. The van der Waals surface area contributed by atoms with Crippen LogP contribution in [0.5, 0.6) is 0 Å². The van der Waals surface area contributed by atoms with E-state index in [0.717, 1.165) is 6.42 Å². The summed E-state index contributed by atoms with van der Waals surface area (Å²) >= 11 is 0. The molecule has 0 saturated carbocycles. The van der Waals surface area contributed by atoms with Gasteiger partial charge in [-0.05, 0) is 18.6 Å². The van der Waals surface area contributed by atoms with Crippen molar-refractivity contribution < 1.29 is 4.79 Å². The number of hydrogen-bond acceptors (Lipinski definition) is 2. The Morgan fingerprint density at radius 3 is 2.93 bits per heavy atom. The number of nitrogens with zero attached hydrogens (tertiary/aromatic N) is 1. The molecule has 0 aliphatic rings. The van der Waals surface area contributed by atoms with Gasteiger partial charge in [-0.1, -0.05) is 13.5 Å². The lowest BCUT2D eigenvalue weighted by Crippen LogP contribution is -2.19. The lowest BCUT2D eigenvalue weighted by Gasteiger charge is -2.06. The summed E-state index contributed by atoms with van der Waals surface area (Å²) in [5.74, 6) is -0.281. The third-order valence-electron chi connectivity index (χ3n) is 1.90. The van der Waals surface area contributed by atoms with Crippen LogP contribution >= 0.6 is 0 Å². The highest BCUT2D eigenvalue weighted by Crippen LogP contribution is 2.03. The molecule has 0 aliphatic heterocycles. The molecule has 0 saturated heterocycles. The van der Waals surface area contributed by atoms with Gasteiger partial charge < -0.3 is 9.88 Å². The third kappa shape index (κ3) is 3.09. The fourth-order valence-corrected chi connectivity index (χ4v) is 1.21. The zero-order valence-corrected chi connectivity index (χ0v) is 8.69. The predicted octanol–water partition coefficient (Wildman–Crippen LogP) is 1.38. The Hall–Kier alpha value is -1.84. The second kappa shape index (κ2) is 5.14. The van der Waals surface area contributed by atoms with Gasteiger partial charge in [-0.25, -0.2) is 0 Å². The molecule has 1 rings (SSSR count). The Morgan fingerprint density at radius 2 is 2.33 bits per heavy atom. The Bertz CT molecular complexity index is 421. The maximum atomic E-state index is 11.3. The number of anilines is 1. The summed E-state index contributed by atoms with van der Waals surface area (Å²) in [5.41, 5.74) is 0.543. The molecular weight excluding hydrogens is 192 g/mol. The number of hydrogen-bond donors (Lipinski definition) is 1. The number of aryl methyl sites for hydroxylation is 1. The molecule has 0 aromatic carbocycles. The first kappa shape index (κ1) is 11.2. The molecule has 4 nitrogen and oxygen atoms in total. The second-order valence-electron chi connectivity index (χ2n) is 3.14. The van der Waals surface area contributed by atoms with Crippen molar-refractivity contribution in [1.29, 1.82) is 0 Å². The summed E-state index contributed by atoms with van der Waals surface area (Å²) in [6, 6.07) is 3.02. The van der Waals surface area contributed by atoms with Gasteiger partial charge in [0.25, 0.3) is 5.56 Å². The molecule has 1 heterocycles. The summed E-state index contributed by atoms with van der Waals surface area (Å²) in [6.07, 6.45) is 3.70. The molecule has 0 aliphatic carbocycles. The SMILES string of the molecule is C=CC(=O)Nc1ccc(=O)n(CCC)c1. The molecule has 1 aromatic heterocycles. The lowest BCUT2D eigenvalue weighted by molar-refractivity contribution is -0.111. The van der Waals surface area contributed by atoms with Crippen LogP contribution in [0, 0.1) is 0 Å². The van der Waals surface area contributed by atoms with Crippen LogP contribution in [0.4, 0.5) is 5.69 Å². The van der Waals surface area contributed by atoms with Gasteiger partial charge in [-0.3, -0.25) is 9.59 Å². The van der Waals surface area contributed by atoms with Crippen LogP contribution in [-0.4, -0.2) is 10.5 Å². The smallest absolute Gasteiger partial charge is 0.250 e. The van der Waals surface area contributed by atoms with E-state index in [1.807, 2.05) is 6.92 Å². The van der Waals surface area contributed by atoms with E-state index >= 15 is 0 Å². The highest BCUT2D eigenvalue weighted by molar-refractivity contribution is 5.98. The van der Waals surface area contributed by atoms with E-state index in [9.17, 15) is 9.59 Å². The molecule has 0 unspecified atom stereocenters. The van der Waals surface area contributed by atoms with E-state index < -0.39 is 0 Å². The number of pyridine rings is 1. The minimum atomic E-state index is -0.281. The quantitative estimate of drug-likeness (QED) is 0.757. The summed E-state index contributed by atoms with van der Waals surface area (Å²) in [5, 5.41) is 2.60. The van der Waals surface area contributed by atoms with Crippen LogP contribution in [0.15, 0.2) is 35.8 Å². The van der Waals surface area contributed by atoms with Crippen LogP contribution < -0.4 is 10.9 Å². The van der Waals surface area contributed by atoms with Gasteiger partial charge in [-0.2, -0.15) is 0 Å². The first-order valence-electron chi connectivity index (χ1n) is 4.81. The molecule has 80 valence electrons.